The Bertz CT molecular complexity index is 2900. The third-order valence-electron chi connectivity index (χ3n) is 14.2. The lowest BCUT2D eigenvalue weighted by Gasteiger charge is -2.33. The standard InChI is InChI=1S/C33H36O3.C29H28O3/c1-19-15-31(34)22(4)12-26(19)29(25-10-8-7-9-11-25)18-30(27-13-23(5)32(35)16-20(27)2)28-14-24(6)33(36)17-21(28)3;1-28(2,21-8-14-25(30)15-9-21)20-4-6-22(7-5-20)29(3,23-10-16-26(31)17-11-23)24-12-18-27(32)19-13-24/h7-17,29-30,34-36H,18H2,1-6H3;4-19,30-32H,1-3H3. The van der Waals surface area contributed by atoms with Gasteiger partial charge in [0.25, 0.3) is 0 Å². The molecule has 0 aromatic heterocycles. The maximum absolute atomic E-state index is 10.4. The molecule has 8 aromatic rings. The van der Waals surface area contributed by atoms with Crippen molar-refractivity contribution in [3.63, 3.8) is 0 Å². The molecule has 0 radical (unpaired) electrons. The van der Waals surface area contributed by atoms with E-state index in [-0.39, 0.29) is 34.5 Å². The van der Waals surface area contributed by atoms with Crippen LogP contribution in [-0.4, -0.2) is 30.6 Å². The van der Waals surface area contributed by atoms with Gasteiger partial charge in [0.2, 0.25) is 0 Å². The molecule has 1 atom stereocenters. The van der Waals surface area contributed by atoms with Crippen LogP contribution in [0.15, 0.2) is 164 Å². The van der Waals surface area contributed by atoms with Gasteiger partial charge in [0.05, 0.1) is 0 Å². The number of benzene rings is 8. The Morgan fingerprint density at radius 2 is 0.632 bits per heavy atom. The van der Waals surface area contributed by atoms with Crippen LogP contribution >= 0.6 is 0 Å². The highest BCUT2D eigenvalue weighted by Crippen LogP contribution is 2.45. The van der Waals surface area contributed by atoms with Gasteiger partial charge in [0.15, 0.2) is 0 Å². The highest BCUT2D eigenvalue weighted by atomic mass is 16.3. The van der Waals surface area contributed by atoms with E-state index in [0.717, 1.165) is 62.1 Å². The van der Waals surface area contributed by atoms with E-state index >= 15 is 0 Å². The Balaban J connectivity index is 0.000000203. The minimum absolute atomic E-state index is 0.0299. The lowest BCUT2D eigenvalue weighted by molar-refractivity contribution is 0.469. The average Bonchev–Trinajstić information content (AvgIpc) is 3.32. The predicted molar refractivity (Wildman–Crippen MR) is 276 cm³/mol. The smallest absolute Gasteiger partial charge is 0.118 e. The number of rotatable bonds is 11. The molecule has 0 heterocycles. The third kappa shape index (κ3) is 10.1. The number of phenolic OH excluding ortho intramolecular Hbond substituents is 6. The summed E-state index contributed by atoms with van der Waals surface area (Å²) in [6, 6.07) is 53.0. The lowest BCUT2D eigenvalue weighted by Crippen LogP contribution is -2.26. The van der Waals surface area contributed by atoms with Crippen molar-refractivity contribution in [2.75, 3.05) is 0 Å². The largest absolute Gasteiger partial charge is 0.508 e. The molecule has 8 rings (SSSR count). The summed E-state index contributed by atoms with van der Waals surface area (Å²) in [5.41, 5.74) is 15.3. The van der Waals surface area contributed by atoms with Gasteiger partial charge in [-0.2, -0.15) is 0 Å². The van der Waals surface area contributed by atoms with Gasteiger partial charge in [0.1, 0.15) is 34.5 Å². The average molecular weight is 905 g/mol. The zero-order valence-corrected chi connectivity index (χ0v) is 40.6. The summed E-state index contributed by atoms with van der Waals surface area (Å²) in [6.07, 6.45) is 0.797. The molecule has 6 nitrogen and oxygen atoms in total. The summed E-state index contributed by atoms with van der Waals surface area (Å²) in [6.45, 7) is 18.5. The molecule has 0 amide bonds. The van der Waals surface area contributed by atoms with Crippen LogP contribution in [0.5, 0.6) is 34.5 Å². The number of aryl methyl sites for hydroxylation is 6. The number of hydrogen-bond acceptors (Lipinski definition) is 6. The molecule has 1 unspecified atom stereocenters. The van der Waals surface area contributed by atoms with Crippen molar-refractivity contribution in [1.82, 2.24) is 0 Å². The van der Waals surface area contributed by atoms with Crippen molar-refractivity contribution in [2.45, 2.75) is 91.4 Å². The molecule has 0 spiro atoms. The zero-order valence-electron chi connectivity index (χ0n) is 40.6. The van der Waals surface area contributed by atoms with E-state index in [4.69, 9.17) is 0 Å². The number of aromatic hydroxyl groups is 6. The molecule has 6 N–H and O–H groups in total. The van der Waals surface area contributed by atoms with E-state index in [9.17, 15) is 30.6 Å². The van der Waals surface area contributed by atoms with E-state index in [1.165, 1.54) is 27.8 Å². The van der Waals surface area contributed by atoms with Gasteiger partial charge in [-0.3, -0.25) is 0 Å². The molecule has 0 aliphatic carbocycles. The van der Waals surface area contributed by atoms with Crippen LogP contribution in [0.25, 0.3) is 0 Å². The van der Waals surface area contributed by atoms with Crippen LogP contribution < -0.4 is 0 Å². The fraction of sp³-hybridized carbons (Fsp3) is 0.226. The minimum atomic E-state index is -0.470. The highest BCUT2D eigenvalue weighted by molar-refractivity contribution is 5.54. The Labute approximate surface area is 402 Å². The first-order chi connectivity index (χ1) is 32.3. The first kappa shape index (κ1) is 48.5. The Hall–Kier alpha value is -7.44. The van der Waals surface area contributed by atoms with Crippen molar-refractivity contribution >= 4 is 0 Å². The summed E-state index contributed by atoms with van der Waals surface area (Å²) in [4.78, 5) is 0. The van der Waals surface area contributed by atoms with Crippen LogP contribution in [0.4, 0.5) is 0 Å². The van der Waals surface area contributed by atoms with E-state index in [0.29, 0.717) is 17.2 Å². The monoisotopic (exact) mass is 904 g/mol. The van der Waals surface area contributed by atoms with Crippen LogP contribution in [0.2, 0.25) is 0 Å². The molecule has 6 heteroatoms. The SMILES string of the molecule is CC(C)(c1ccc(O)cc1)c1ccc(C(C)(c2ccc(O)cc2)c2ccc(O)cc2)cc1.Cc1cc(C(CC(c2cc(C)c(O)cc2C)c2cc(C)c(O)cc2C)c2ccccc2)c(C)cc1O. The molecule has 68 heavy (non-hydrogen) atoms. The highest BCUT2D eigenvalue weighted by Gasteiger charge is 2.33. The molecule has 348 valence electrons. The van der Waals surface area contributed by atoms with Crippen LogP contribution in [0.1, 0.15) is 122 Å². The Morgan fingerprint density at radius 1 is 0.338 bits per heavy atom. The zero-order chi connectivity index (χ0) is 49.1. The number of phenols is 6. The van der Waals surface area contributed by atoms with Gasteiger partial charge >= 0.3 is 0 Å². The number of hydrogen-bond donors (Lipinski definition) is 6. The first-order valence-corrected chi connectivity index (χ1v) is 23.2. The fourth-order valence-corrected chi connectivity index (χ4v) is 9.74. The van der Waals surface area contributed by atoms with Crippen LogP contribution in [0, 0.1) is 41.5 Å². The van der Waals surface area contributed by atoms with Gasteiger partial charge in [-0.1, -0.05) is 123 Å². The van der Waals surface area contributed by atoms with Crippen molar-refractivity contribution in [3.8, 4) is 34.5 Å². The maximum Gasteiger partial charge on any atom is 0.118 e. The quantitative estimate of drug-likeness (QED) is 0.0719. The van der Waals surface area contributed by atoms with E-state index in [1.807, 2.05) is 81.4 Å². The summed E-state index contributed by atoms with van der Waals surface area (Å²) in [5, 5.41) is 60.4. The Morgan fingerprint density at radius 3 is 0.985 bits per heavy atom. The first-order valence-electron chi connectivity index (χ1n) is 23.2. The fourth-order valence-electron chi connectivity index (χ4n) is 9.74. The molecule has 0 aliphatic rings. The summed E-state index contributed by atoms with van der Waals surface area (Å²) >= 11 is 0. The second-order valence-corrected chi connectivity index (χ2v) is 19.2. The molecule has 8 aromatic carbocycles. The van der Waals surface area contributed by atoms with Gasteiger partial charge in [0, 0.05) is 22.7 Å². The van der Waals surface area contributed by atoms with Gasteiger partial charge < -0.3 is 30.6 Å². The van der Waals surface area contributed by atoms with Crippen molar-refractivity contribution in [3.05, 3.63) is 247 Å². The topological polar surface area (TPSA) is 121 Å². The molecular weight excluding hydrogens is 841 g/mol. The summed E-state index contributed by atoms with van der Waals surface area (Å²) in [5.74, 6) is 1.75. The van der Waals surface area contributed by atoms with Gasteiger partial charge in [-0.15, -0.1) is 0 Å². The van der Waals surface area contributed by atoms with E-state index in [1.54, 1.807) is 36.4 Å². The van der Waals surface area contributed by atoms with Crippen molar-refractivity contribution < 1.29 is 30.6 Å². The third-order valence-corrected chi connectivity index (χ3v) is 14.2. The van der Waals surface area contributed by atoms with Gasteiger partial charge in [-0.25, -0.2) is 0 Å². The van der Waals surface area contributed by atoms with Crippen molar-refractivity contribution in [1.29, 1.82) is 0 Å². The normalized spacial score (nSPS) is 12.1. The second-order valence-electron chi connectivity index (χ2n) is 19.2. The predicted octanol–water partition coefficient (Wildman–Crippen LogP) is 14.5. The summed E-state index contributed by atoms with van der Waals surface area (Å²) < 4.78 is 0. The Kier molecular flexibility index (Phi) is 14.1. The molecule has 0 aliphatic heterocycles. The minimum Gasteiger partial charge on any atom is -0.508 e. The maximum atomic E-state index is 10.4. The molecule has 0 fully saturated rings. The van der Waals surface area contributed by atoms with Crippen molar-refractivity contribution in [2.24, 2.45) is 0 Å². The molecule has 0 saturated heterocycles. The lowest BCUT2D eigenvalue weighted by atomic mass is 9.70. The van der Waals surface area contributed by atoms with E-state index < -0.39 is 5.41 Å². The summed E-state index contributed by atoms with van der Waals surface area (Å²) in [7, 11) is 0. The second kappa shape index (κ2) is 19.8. The molecule has 0 saturated carbocycles. The molecule has 0 bridgehead atoms. The van der Waals surface area contributed by atoms with E-state index in [2.05, 4.69) is 108 Å². The molecular formula is C62H64O6. The van der Waals surface area contributed by atoms with Gasteiger partial charge in [-0.05, 0) is 193 Å². The van der Waals surface area contributed by atoms with Crippen LogP contribution in [-0.2, 0) is 10.8 Å². The van der Waals surface area contributed by atoms with Crippen LogP contribution in [0.3, 0.4) is 0 Å².